The predicted octanol–water partition coefficient (Wildman–Crippen LogP) is 1.11. The van der Waals surface area contributed by atoms with Gasteiger partial charge < -0.3 is 15.1 Å². The topological polar surface area (TPSA) is 52.7 Å². The van der Waals surface area contributed by atoms with E-state index in [1.54, 1.807) is 0 Å². The van der Waals surface area contributed by atoms with Gasteiger partial charge >= 0.3 is 0 Å². The number of hydrogen-bond acceptors (Lipinski definition) is 3. The highest BCUT2D eigenvalue weighted by molar-refractivity contribution is 5.94. The molecule has 2 heterocycles. The zero-order valence-electron chi connectivity index (χ0n) is 12.8. The van der Waals surface area contributed by atoms with Gasteiger partial charge in [0.05, 0.1) is 6.04 Å². The maximum atomic E-state index is 12.5. The summed E-state index contributed by atoms with van der Waals surface area (Å²) in [6.45, 7) is 3.44. The summed E-state index contributed by atoms with van der Waals surface area (Å²) in [6, 6.07) is 9.32. The number of hydrogen-bond donors (Lipinski definition) is 1. The van der Waals surface area contributed by atoms with E-state index in [9.17, 15) is 9.59 Å². The lowest BCUT2D eigenvalue weighted by atomic mass is 10.0. The Morgan fingerprint density at radius 3 is 2.27 bits per heavy atom. The Hall–Kier alpha value is -1.88. The number of carbonyl (C=O) groups is 2. The van der Waals surface area contributed by atoms with Crippen LogP contribution in [0.2, 0.25) is 0 Å². The van der Waals surface area contributed by atoms with Gasteiger partial charge in [0.15, 0.2) is 0 Å². The van der Waals surface area contributed by atoms with Crippen LogP contribution in [-0.2, 0) is 4.79 Å². The number of nitrogens with zero attached hydrogens (tertiary/aromatic N) is 2. The highest BCUT2D eigenvalue weighted by atomic mass is 16.2. The van der Waals surface area contributed by atoms with Crippen molar-refractivity contribution in [2.45, 2.75) is 25.3 Å². The molecule has 0 aromatic heterocycles. The Kier molecular flexibility index (Phi) is 4.73. The molecular formula is C17H23N3O2. The van der Waals surface area contributed by atoms with E-state index in [2.05, 4.69) is 5.32 Å². The molecule has 22 heavy (non-hydrogen) atoms. The molecule has 1 unspecified atom stereocenters. The largest absolute Gasteiger partial charge is 0.338 e. The Balaban J connectivity index is 1.54. The van der Waals surface area contributed by atoms with Gasteiger partial charge in [0, 0.05) is 31.7 Å². The quantitative estimate of drug-likeness (QED) is 0.890. The normalized spacial score (nSPS) is 22.5. The Morgan fingerprint density at radius 1 is 0.955 bits per heavy atom. The molecule has 118 valence electrons. The van der Waals surface area contributed by atoms with Crippen LogP contribution < -0.4 is 5.32 Å². The first kappa shape index (κ1) is 15.0. The molecule has 0 bridgehead atoms. The third-order valence-electron chi connectivity index (χ3n) is 4.51. The summed E-state index contributed by atoms with van der Waals surface area (Å²) >= 11 is 0. The van der Waals surface area contributed by atoms with Crippen molar-refractivity contribution in [1.82, 2.24) is 15.1 Å². The minimum atomic E-state index is -0.0230. The second-order valence-corrected chi connectivity index (χ2v) is 5.99. The molecule has 1 aromatic carbocycles. The Labute approximate surface area is 131 Å². The van der Waals surface area contributed by atoms with E-state index in [4.69, 9.17) is 0 Å². The van der Waals surface area contributed by atoms with Crippen LogP contribution in [0.3, 0.4) is 0 Å². The fourth-order valence-electron chi connectivity index (χ4n) is 3.18. The van der Waals surface area contributed by atoms with Crippen LogP contribution in [0.25, 0.3) is 0 Å². The Bertz CT molecular complexity index is 518. The van der Waals surface area contributed by atoms with E-state index in [0.29, 0.717) is 26.2 Å². The van der Waals surface area contributed by atoms with E-state index < -0.39 is 0 Å². The van der Waals surface area contributed by atoms with Crippen molar-refractivity contribution in [2.75, 3.05) is 32.7 Å². The molecule has 1 atom stereocenters. The minimum Gasteiger partial charge on any atom is -0.338 e. The average molecular weight is 301 g/mol. The zero-order chi connectivity index (χ0) is 15.4. The van der Waals surface area contributed by atoms with E-state index >= 15 is 0 Å². The van der Waals surface area contributed by atoms with Gasteiger partial charge in [0.25, 0.3) is 5.91 Å². The first-order valence-electron chi connectivity index (χ1n) is 8.12. The highest BCUT2D eigenvalue weighted by Crippen LogP contribution is 2.13. The van der Waals surface area contributed by atoms with Gasteiger partial charge in [0.1, 0.15) is 0 Å². The van der Waals surface area contributed by atoms with Crippen molar-refractivity contribution >= 4 is 11.8 Å². The lowest BCUT2D eigenvalue weighted by Gasteiger charge is -2.37. The fraction of sp³-hybridized carbons (Fsp3) is 0.529. The third kappa shape index (κ3) is 3.30. The van der Waals surface area contributed by atoms with Crippen LogP contribution in [-0.4, -0.2) is 60.4 Å². The molecule has 0 spiro atoms. The lowest BCUT2D eigenvalue weighted by Crippen LogP contribution is -2.55. The number of amides is 2. The van der Waals surface area contributed by atoms with Crippen molar-refractivity contribution in [3.05, 3.63) is 35.9 Å². The van der Waals surface area contributed by atoms with E-state index in [1.165, 1.54) is 0 Å². The molecule has 5 heteroatoms. The molecule has 5 nitrogen and oxygen atoms in total. The standard InChI is InChI=1S/C17H23N3O2/c21-16(14-6-2-1-3-7-14)19-10-12-20(13-11-19)17(22)15-8-4-5-9-18-15/h1-3,6-7,15,18H,4-5,8-13H2. The van der Waals surface area contributed by atoms with Gasteiger partial charge in [-0.1, -0.05) is 24.6 Å². The smallest absolute Gasteiger partial charge is 0.253 e. The SMILES string of the molecule is O=C(c1ccccc1)N1CCN(C(=O)C2CCCCN2)CC1. The summed E-state index contributed by atoms with van der Waals surface area (Å²) in [4.78, 5) is 28.6. The van der Waals surface area contributed by atoms with Crippen molar-refractivity contribution in [3.63, 3.8) is 0 Å². The molecule has 0 radical (unpaired) electrons. The third-order valence-corrected chi connectivity index (χ3v) is 4.51. The number of nitrogens with one attached hydrogen (secondary N) is 1. The minimum absolute atomic E-state index is 0.0230. The van der Waals surface area contributed by atoms with Gasteiger partial charge in [-0.25, -0.2) is 0 Å². The van der Waals surface area contributed by atoms with Crippen LogP contribution in [0.15, 0.2) is 30.3 Å². The zero-order valence-corrected chi connectivity index (χ0v) is 12.8. The molecule has 0 aliphatic carbocycles. The highest BCUT2D eigenvalue weighted by Gasteiger charge is 2.29. The van der Waals surface area contributed by atoms with Crippen LogP contribution in [0.5, 0.6) is 0 Å². The molecule has 2 amide bonds. The second-order valence-electron chi connectivity index (χ2n) is 5.99. The molecule has 1 aromatic rings. The number of carbonyl (C=O) groups excluding carboxylic acids is 2. The van der Waals surface area contributed by atoms with Gasteiger partial charge in [-0.2, -0.15) is 0 Å². The Morgan fingerprint density at radius 2 is 1.64 bits per heavy atom. The summed E-state index contributed by atoms with van der Waals surface area (Å²) in [6.07, 6.45) is 3.21. The molecule has 1 N–H and O–H groups in total. The van der Waals surface area contributed by atoms with Crippen molar-refractivity contribution < 1.29 is 9.59 Å². The number of rotatable bonds is 2. The fourth-order valence-corrected chi connectivity index (χ4v) is 3.18. The molecule has 3 rings (SSSR count). The predicted molar refractivity (Wildman–Crippen MR) is 84.6 cm³/mol. The summed E-state index contributed by atoms with van der Waals surface area (Å²) in [5, 5.41) is 3.30. The van der Waals surface area contributed by atoms with Crippen LogP contribution >= 0.6 is 0 Å². The summed E-state index contributed by atoms with van der Waals surface area (Å²) in [5.41, 5.74) is 0.719. The lowest BCUT2D eigenvalue weighted by molar-refractivity contribution is -0.135. The maximum absolute atomic E-state index is 12.5. The molecule has 2 fully saturated rings. The number of piperidine rings is 1. The first-order chi connectivity index (χ1) is 10.8. The van der Waals surface area contributed by atoms with E-state index in [-0.39, 0.29) is 17.9 Å². The summed E-state index contributed by atoms with van der Waals surface area (Å²) in [5.74, 6) is 0.259. The monoisotopic (exact) mass is 301 g/mol. The number of benzene rings is 1. The van der Waals surface area contributed by atoms with Crippen molar-refractivity contribution in [3.8, 4) is 0 Å². The van der Waals surface area contributed by atoms with Gasteiger partial charge in [0.2, 0.25) is 5.91 Å². The van der Waals surface area contributed by atoms with Gasteiger partial charge in [-0.3, -0.25) is 9.59 Å². The summed E-state index contributed by atoms with van der Waals surface area (Å²) < 4.78 is 0. The van der Waals surface area contributed by atoms with Crippen LogP contribution in [0, 0.1) is 0 Å². The van der Waals surface area contributed by atoms with Gasteiger partial charge in [-0.05, 0) is 31.5 Å². The molecule has 2 aliphatic heterocycles. The van der Waals surface area contributed by atoms with E-state index in [1.807, 2.05) is 40.1 Å². The maximum Gasteiger partial charge on any atom is 0.253 e. The summed E-state index contributed by atoms with van der Waals surface area (Å²) in [7, 11) is 0. The van der Waals surface area contributed by atoms with Crippen molar-refractivity contribution in [1.29, 1.82) is 0 Å². The van der Waals surface area contributed by atoms with Crippen molar-refractivity contribution in [2.24, 2.45) is 0 Å². The number of piperazine rings is 1. The van der Waals surface area contributed by atoms with Crippen LogP contribution in [0.4, 0.5) is 0 Å². The van der Waals surface area contributed by atoms with E-state index in [0.717, 1.165) is 31.4 Å². The molecule has 2 aliphatic rings. The van der Waals surface area contributed by atoms with Crippen LogP contribution in [0.1, 0.15) is 29.6 Å². The molecule has 0 saturated carbocycles. The average Bonchev–Trinajstić information content (AvgIpc) is 2.62. The first-order valence-corrected chi connectivity index (χ1v) is 8.12. The molecular weight excluding hydrogens is 278 g/mol. The second kappa shape index (κ2) is 6.92. The molecule has 2 saturated heterocycles. The van der Waals surface area contributed by atoms with Gasteiger partial charge in [-0.15, -0.1) is 0 Å².